The van der Waals surface area contributed by atoms with Gasteiger partial charge in [-0.25, -0.2) is 4.79 Å². The number of esters is 1. The van der Waals surface area contributed by atoms with E-state index in [4.69, 9.17) is 18.9 Å². The second-order valence-electron chi connectivity index (χ2n) is 2.69. The number of hydrogen-bond donors (Lipinski definition) is 0. The predicted molar refractivity (Wildman–Crippen MR) is 53.9 cm³/mol. The number of hydrogen-bond acceptors (Lipinski definition) is 5. The SMILES string of the molecule is C=CC(=O)OC(C)OC(C)OCOCC. The molecular formula is C10H18O5. The minimum absolute atomic E-state index is 0.153. The van der Waals surface area contributed by atoms with Gasteiger partial charge in [-0.1, -0.05) is 6.58 Å². The summed E-state index contributed by atoms with van der Waals surface area (Å²) in [5, 5.41) is 0. The minimum Gasteiger partial charge on any atom is -0.433 e. The summed E-state index contributed by atoms with van der Waals surface area (Å²) in [5.41, 5.74) is 0. The van der Waals surface area contributed by atoms with Gasteiger partial charge in [-0.3, -0.25) is 0 Å². The van der Waals surface area contributed by atoms with Crippen molar-refractivity contribution in [1.29, 1.82) is 0 Å². The van der Waals surface area contributed by atoms with Crippen LogP contribution < -0.4 is 0 Å². The lowest BCUT2D eigenvalue weighted by atomic mass is 10.6. The fraction of sp³-hybridized carbons (Fsp3) is 0.700. The highest BCUT2D eigenvalue weighted by atomic mass is 16.8. The average molecular weight is 218 g/mol. The van der Waals surface area contributed by atoms with Crippen LogP contribution in [0.1, 0.15) is 20.8 Å². The molecule has 0 rings (SSSR count). The van der Waals surface area contributed by atoms with Crippen LogP contribution in [0.15, 0.2) is 12.7 Å². The van der Waals surface area contributed by atoms with Crippen LogP contribution in [0, 0.1) is 0 Å². The van der Waals surface area contributed by atoms with Gasteiger partial charge in [0.25, 0.3) is 0 Å². The summed E-state index contributed by atoms with van der Waals surface area (Å²) in [6.07, 6.45) is -0.0951. The number of carbonyl (C=O) groups is 1. The van der Waals surface area contributed by atoms with Crippen molar-refractivity contribution in [3.63, 3.8) is 0 Å². The van der Waals surface area contributed by atoms with E-state index < -0.39 is 18.5 Å². The van der Waals surface area contributed by atoms with Gasteiger partial charge in [0.05, 0.1) is 0 Å². The molecule has 0 saturated heterocycles. The number of ether oxygens (including phenoxy) is 4. The Labute approximate surface area is 89.9 Å². The van der Waals surface area contributed by atoms with Crippen LogP contribution in [0.4, 0.5) is 0 Å². The van der Waals surface area contributed by atoms with Gasteiger partial charge in [0.2, 0.25) is 6.29 Å². The summed E-state index contributed by atoms with van der Waals surface area (Å²) in [5.74, 6) is -0.528. The van der Waals surface area contributed by atoms with Gasteiger partial charge in [-0.2, -0.15) is 0 Å². The molecule has 0 aromatic rings. The third-order valence-electron chi connectivity index (χ3n) is 1.42. The van der Waals surface area contributed by atoms with Crippen molar-refractivity contribution in [1.82, 2.24) is 0 Å². The van der Waals surface area contributed by atoms with Crippen molar-refractivity contribution >= 4 is 5.97 Å². The number of rotatable bonds is 8. The highest BCUT2D eigenvalue weighted by Crippen LogP contribution is 2.02. The Morgan fingerprint density at radius 3 is 2.60 bits per heavy atom. The van der Waals surface area contributed by atoms with Crippen LogP contribution in [-0.4, -0.2) is 31.9 Å². The molecule has 0 aromatic carbocycles. The minimum atomic E-state index is -0.674. The van der Waals surface area contributed by atoms with Crippen LogP contribution in [0.2, 0.25) is 0 Å². The summed E-state index contributed by atoms with van der Waals surface area (Å²) in [7, 11) is 0. The van der Waals surface area contributed by atoms with Crippen LogP contribution in [0.3, 0.4) is 0 Å². The van der Waals surface area contributed by atoms with Crippen molar-refractivity contribution in [2.45, 2.75) is 33.4 Å². The first kappa shape index (κ1) is 14.1. The number of carbonyl (C=O) groups excluding carboxylic acids is 1. The largest absolute Gasteiger partial charge is 0.433 e. The average Bonchev–Trinajstić information content (AvgIpc) is 2.17. The molecule has 0 aliphatic rings. The first-order valence-corrected chi connectivity index (χ1v) is 4.78. The maximum Gasteiger partial charge on any atom is 0.332 e. The summed E-state index contributed by atoms with van der Waals surface area (Å²) in [6.45, 7) is 9.16. The first-order chi connectivity index (χ1) is 7.10. The summed E-state index contributed by atoms with van der Waals surface area (Å²) in [4.78, 5) is 10.8. The zero-order valence-electron chi connectivity index (χ0n) is 9.39. The third kappa shape index (κ3) is 8.11. The normalized spacial score (nSPS) is 14.3. The molecule has 5 nitrogen and oxygen atoms in total. The van der Waals surface area contributed by atoms with Crippen molar-refractivity contribution in [2.75, 3.05) is 13.4 Å². The molecule has 0 amide bonds. The van der Waals surface area contributed by atoms with E-state index >= 15 is 0 Å². The van der Waals surface area contributed by atoms with Crippen LogP contribution >= 0.6 is 0 Å². The van der Waals surface area contributed by atoms with Gasteiger partial charge in [-0.15, -0.1) is 0 Å². The van der Waals surface area contributed by atoms with Crippen molar-refractivity contribution in [3.8, 4) is 0 Å². The van der Waals surface area contributed by atoms with Gasteiger partial charge >= 0.3 is 5.97 Å². The molecule has 0 radical (unpaired) electrons. The Hall–Kier alpha value is -0.910. The highest BCUT2D eigenvalue weighted by Gasteiger charge is 2.11. The molecule has 0 aliphatic heterocycles. The molecule has 0 spiro atoms. The zero-order chi connectivity index (χ0) is 11.7. The third-order valence-corrected chi connectivity index (χ3v) is 1.42. The Bertz CT molecular complexity index is 192. The Kier molecular flexibility index (Phi) is 7.89. The molecule has 15 heavy (non-hydrogen) atoms. The molecule has 0 bridgehead atoms. The molecule has 5 heteroatoms. The van der Waals surface area contributed by atoms with E-state index in [1.807, 2.05) is 6.92 Å². The Morgan fingerprint density at radius 1 is 1.40 bits per heavy atom. The molecule has 0 heterocycles. The molecule has 0 aromatic heterocycles. The van der Waals surface area contributed by atoms with Gasteiger partial charge in [0.15, 0.2) is 6.29 Å². The topological polar surface area (TPSA) is 54.0 Å². The van der Waals surface area contributed by atoms with Gasteiger partial charge < -0.3 is 18.9 Å². The first-order valence-electron chi connectivity index (χ1n) is 4.78. The van der Waals surface area contributed by atoms with E-state index in [0.29, 0.717) is 6.61 Å². The van der Waals surface area contributed by atoms with Crippen LogP contribution in [-0.2, 0) is 23.7 Å². The predicted octanol–water partition coefficient (Wildman–Crippen LogP) is 1.43. The standard InChI is InChI=1S/C10H18O5/c1-5-10(11)15-9(4)14-8(3)13-7-12-6-2/h5,8-9H,1,6-7H2,2-4H3. The maximum absolute atomic E-state index is 10.8. The fourth-order valence-corrected chi connectivity index (χ4v) is 0.776. The van der Waals surface area contributed by atoms with Crippen molar-refractivity contribution < 1.29 is 23.7 Å². The lowest BCUT2D eigenvalue weighted by molar-refractivity contribution is -0.247. The van der Waals surface area contributed by atoms with E-state index in [0.717, 1.165) is 6.08 Å². The van der Waals surface area contributed by atoms with Crippen molar-refractivity contribution in [2.24, 2.45) is 0 Å². The molecule has 0 saturated carbocycles. The van der Waals surface area contributed by atoms with Gasteiger partial charge in [0.1, 0.15) is 6.79 Å². The quantitative estimate of drug-likeness (QED) is 0.267. The van der Waals surface area contributed by atoms with E-state index in [-0.39, 0.29) is 6.79 Å². The molecular weight excluding hydrogens is 200 g/mol. The summed E-state index contributed by atoms with van der Waals surface area (Å²) >= 11 is 0. The lowest BCUT2D eigenvalue weighted by Gasteiger charge is -2.18. The Balaban J connectivity index is 3.61. The van der Waals surface area contributed by atoms with E-state index in [1.54, 1.807) is 13.8 Å². The van der Waals surface area contributed by atoms with Crippen molar-refractivity contribution in [3.05, 3.63) is 12.7 Å². The molecule has 0 fully saturated rings. The van der Waals surface area contributed by atoms with Gasteiger partial charge in [-0.05, 0) is 20.8 Å². The second kappa shape index (κ2) is 8.40. The maximum atomic E-state index is 10.8. The fourth-order valence-electron chi connectivity index (χ4n) is 0.776. The smallest absolute Gasteiger partial charge is 0.332 e. The second-order valence-corrected chi connectivity index (χ2v) is 2.69. The highest BCUT2D eigenvalue weighted by molar-refractivity contribution is 5.81. The summed E-state index contributed by atoms with van der Waals surface area (Å²) < 4.78 is 20.0. The molecule has 0 N–H and O–H groups in total. The Morgan fingerprint density at radius 2 is 2.07 bits per heavy atom. The van der Waals surface area contributed by atoms with Crippen LogP contribution in [0.5, 0.6) is 0 Å². The van der Waals surface area contributed by atoms with E-state index in [9.17, 15) is 4.79 Å². The monoisotopic (exact) mass is 218 g/mol. The van der Waals surface area contributed by atoms with Gasteiger partial charge in [0, 0.05) is 12.7 Å². The van der Waals surface area contributed by atoms with E-state index in [1.165, 1.54) is 0 Å². The summed E-state index contributed by atoms with van der Waals surface area (Å²) in [6, 6.07) is 0. The molecule has 2 unspecified atom stereocenters. The molecule has 2 atom stereocenters. The van der Waals surface area contributed by atoms with E-state index in [2.05, 4.69) is 6.58 Å². The lowest BCUT2D eigenvalue weighted by Crippen LogP contribution is -2.24. The molecule has 0 aliphatic carbocycles. The zero-order valence-corrected chi connectivity index (χ0v) is 9.39. The molecule has 88 valence electrons. The van der Waals surface area contributed by atoms with Crippen LogP contribution in [0.25, 0.3) is 0 Å².